The zero-order chi connectivity index (χ0) is 37.1. The van der Waals surface area contributed by atoms with Gasteiger partial charge in [-0.2, -0.15) is 0 Å². The molecule has 2 nitrogen and oxygen atoms in total. The van der Waals surface area contributed by atoms with Crippen LogP contribution in [0.5, 0.6) is 0 Å². The van der Waals surface area contributed by atoms with E-state index in [-0.39, 0.29) is 5.41 Å². The molecule has 2 aromatic heterocycles. The number of fused-ring (bicyclic) bond motifs is 9. The summed E-state index contributed by atoms with van der Waals surface area (Å²) in [7, 11) is 0. The van der Waals surface area contributed by atoms with E-state index in [1.54, 1.807) is 0 Å². The van der Waals surface area contributed by atoms with Crippen LogP contribution in [0.4, 0.5) is 0 Å². The molecular formula is C53H41NO. The van der Waals surface area contributed by atoms with Gasteiger partial charge in [0.2, 0.25) is 0 Å². The highest BCUT2D eigenvalue weighted by molar-refractivity contribution is 6.09. The molecule has 0 saturated heterocycles. The first-order valence-electron chi connectivity index (χ1n) is 19.2. The van der Waals surface area contributed by atoms with Gasteiger partial charge in [-0.3, -0.25) is 0 Å². The van der Waals surface area contributed by atoms with Crippen molar-refractivity contribution in [3.05, 3.63) is 210 Å². The number of hydrogen-bond donors (Lipinski definition) is 0. The molecule has 11 rings (SSSR count). The van der Waals surface area contributed by atoms with Crippen LogP contribution in [0.3, 0.4) is 0 Å². The molecule has 1 aliphatic rings. The maximum absolute atomic E-state index is 6.09. The summed E-state index contributed by atoms with van der Waals surface area (Å²) in [6.45, 7) is 6.84. The number of para-hydroxylation sites is 3. The lowest BCUT2D eigenvalue weighted by atomic mass is 9.82. The second kappa shape index (κ2) is 13.0. The van der Waals surface area contributed by atoms with Gasteiger partial charge in [0.1, 0.15) is 11.2 Å². The van der Waals surface area contributed by atoms with E-state index in [0.29, 0.717) is 0 Å². The normalized spacial score (nSPS) is 12.9. The second-order valence-electron chi connectivity index (χ2n) is 15.3. The van der Waals surface area contributed by atoms with Crippen LogP contribution in [0, 0.1) is 6.92 Å². The van der Waals surface area contributed by atoms with Crippen LogP contribution in [0.1, 0.15) is 41.7 Å². The van der Waals surface area contributed by atoms with Crippen molar-refractivity contribution in [2.75, 3.05) is 0 Å². The minimum Gasteiger partial charge on any atom is -0.456 e. The van der Waals surface area contributed by atoms with E-state index in [9.17, 15) is 0 Å². The van der Waals surface area contributed by atoms with Crippen LogP contribution in [0.2, 0.25) is 0 Å². The summed E-state index contributed by atoms with van der Waals surface area (Å²) in [5, 5.41) is 4.97. The summed E-state index contributed by atoms with van der Waals surface area (Å²) in [5.74, 6) is 0. The van der Waals surface area contributed by atoms with Gasteiger partial charge in [-0.05, 0) is 99.8 Å². The van der Waals surface area contributed by atoms with Crippen molar-refractivity contribution in [3.8, 4) is 27.9 Å². The molecule has 0 N–H and O–H groups in total. The van der Waals surface area contributed by atoms with Gasteiger partial charge >= 0.3 is 0 Å². The molecule has 2 heteroatoms. The lowest BCUT2D eigenvalue weighted by Crippen LogP contribution is -2.14. The highest BCUT2D eigenvalue weighted by Gasteiger charge is 2.35. The molecule has 0 saturated carbocycles. The first-order chi connectivity index (χ1) is 27.0. The van der Waals surface area contributed by atoms with Crippen molar-refractivity contribution in [1.29, 1.82) is 0 Å². The van der Waals surface area contributed by atoms with E-state index in [1.807, 2.05) is 12.1 Å². The lowest BCUT2D eigenvalue weighted by molar-refractivity contribution is 0.660. The molecule has 10 aromatic rings. The topological polar surface area (TPSA) is 18.1 Å². The molecule has 0 unspecified atom stereocenters. The van der Waals surface area contributed by atoms with Crippen LogP contribution < -0.4 is 0 Å². The summed E-state index contributed by atoms with van der Waals surface area (Å²) < 4.78 is 8.45. The molecular weight excluding hydrogens is 667 g/mol. The molecule has 0 fully saturated rings. The molecule has 0 radical (unpaired) electrons. The average Bonchev–Trinajstić information content (AvgIpc) is 3.85. The third kappa shape index (κ3) is 5.48. The fourth-order valence-corrected chi connectivity index (χ4v) is 8.97. The van der Waals surface area contributed by atoms with E-state index in [1.165, 1.54) is 88.3 Å². The molecule has 0 aliphatic heterocycles. The zero-order valence-electron chi connectivity index (χ0n) is 31.4. The van der Waals surface area contributed by atoms with Crippen LogP contribution in [-0.2, 0) is 11.8 Å². The lowest BCUT2D eigenvalue weighted by Gasteiger charge is -2.21. The third-order valence-corrected chi connectivity index (χ3v) is 11.7. The standard InChI is InChI=1S/C37H25NO.C16H16/c1-4-12-33-30(9-1)31-10-2-5-13-34(31)38(33)29-22-20-27(21-23-29)26-18-16-25(17-19-26)24-28-8-7-15-36-37(28)32-11-3-6-14-35(32)39-36;1-11-7-6-10-14-15(11)12-8-4-5-9-13(12)16(14,2)3/h1-23H,24H2;4-10H,1-3H3. The Morgan fingerprint density at radius 3 is 1.78 bits per heavy atom. The predicted molar refractivity (Wildman–Crippen MR) is 231 cm³/mol. The van der Waals surface area contributed by atoms with Gasteiger partial charge < -0.3 is 8.98 Å². The maximum atomic E-state index is 6.09. The molecule has 0 bridgehead atoms. The van der Waals surface area contributed by atoms with E-state index < -0.39 is 0 Å². The van der Waals surface area contributed by atoms with Gasteiger partial charge in [0.15, 0.2) is 0 Å². The molecule has 0 spiro atoms. The first-order valence-corrected chi connectivity index (χ1v) is 19.2. The van der Waals surface area contributed by atoms with Gasteiger partial charge in [-0.25, -0.2) is 0 Å². The summed E-state index contributed by atoms with van der Waals surface area (Å²) >= 11 is 0. The third-order valence-electron chi connectivity index (χ3n) is 11.7. The van der Waals surface area contributed by atoms with Gasteiger partial charge in [0.05, 0.1) is 11.0 Å². The van der Waals surface area contributed by atoms with E-state index in [4.69, 9.17) is 4.42 Å². The van der Waals surface area contributed by atoms with E-state index >= 15 is 0 Å². The van der Waals surface area contributed by atoms with Crippen molar-refractivity contribution in [2.45, 2.75) is 32.6 Å². The largest absolute Gasteiger partial charge is 0.456 e. The van der Waals surface area contributed by atoms with E-state index in [2.05, 4.69) is 195 Å². The maximum Gasteiger partial charge on any atom is 0.135 e. The van der Waals surface area contributed by atoms with E-state index in [0.717, 1.165) is 17.6 Å². The van der Waals surface area contributed by atoms with Crippen molar-refractivity contribution >= 4 is 43.7 Å². The van der Waals surface area contributed by atoms with Gasteiger partial charge in [0.25, 0.3) is 0 Å². The molecule has 55 heavy (non-hydrogen) atoms. The first kappa shape index (κ1) is 33.0. The van der Waals surface area contributed by atoms with Gasteiger partial charge in [0, 0.05) is 32.6 Å². The summed E-state index contributed by atoms with van der Waals surface area (Å²) in [6.07, 6.45) is 0.869. The fourth-order valence-electron chi connectivity index (χ4n) is 8.97. The minimum absolute atomic E-state index is 0.151. The molecule has 1 aliphatic carbocycles. The zero-order valence-corrected chi connectivity index (χ0v) is 31.4. The summed E-state index contributed by atoms with van der Waals surface area (Å²) in [5.41, 5.74) is 17.9. The summed E-state index contributed by atoms with van der Waals surface area (Å²) in [4.78, 5) is 0. The van der Waals surface area contributed by atoms with Crippen LogP contribution in [-0.4, -0.2) is 4.57 Å². The highest BCUT2D eigenvalue weighted by atomic mass is 16.3. The average molecular weight is 708 g/mol. The Bertz CT molecular complexity index is 2980. The Morgan fingerprint density at radius 1 is 0.491 bits per heavy atom. The van der Waals surface area contributed by atoms with Crippen molar-refractivity contribution < 1.29 is 4.42 Å². The monoisotopic (exact) mass is 707 g/mol. The Hall–Kier alpha value is -6.64. The number of aromatic nitrogens is 1. The molecule has 0 atom stereocenters. The SMILES string of the molecule is Cc1cccc2c1-c1ccccc1C2(C)C.c1ccc2c(c1)oc1cccc(Cc3ccc(-c4ccc(-n5c6ccccc6c6ccccc65)cc4)cc3)c12. The van der Waals surface area contributed by atoms with Crippen molar-refractivity contribution in [3.63, 3.8) is 0 Å². The number of nitrogens with zero attached hydrogens (tertiary/aromatic N) is 1. The number of aryl methyl sites for hydroxylation is 1. The summed E-state index contributed by atoms with van der Waals surface area (Å²) in [6, 6.07) is 65.2. The number of hydrogen-bond acceptors (Lipinski definition) is 1. The van der Waals surface area contributed by atoms with Gasteiger partial charge in [-0.15, -0.1) is 0 Å². The Kier molecular flexibility index (Phi) is 7.81. The molecule has 2 heterocycles. The minimum atomic E-state index is 0.151. The Balaban J connectivity index is 0.000000194. The second-order valence-corrected chi connectivity index (χ2v) is 15.3. The van der Waals surface area contributed by atoms with Crippen molar-refractivity contribution in [1.82, 2.24) is 4.57 Å². The molecule has 8 aromatic carbocycles. The van der Waals surface area contributed by atoms with Gasteiger partial charge in [-0.1, -0.05) is 159 Å². The van der Waals surface area contributed by atoms with Crippen LogP contribution >= 0.6 is 0 Å². The predicted octanol–water partition coefficient (Wildman–Crippen LogP) is 14.2. The molecule has 0 amide bonds. The molecule has 264 valence electrons. The number of rotatable bonds is 4. The van der Waals surface area contributed by atoms with Crippen LogP contribution in [0.25, 0.3) is 71.7 Å². The number of benzene rings is 8. The highest BCUT2D eigenvalue weighted by Crippen LogP contribution is 2.49. The van der Waals surface area contributed by atoms with Crippen molar-refractivity contribution in [2.24, 2.45) is 0 Å². The quantitative estimate of drug-likeness (QED) is 0.178. The smallest absolute Gasteiger partial charge is 0.135 e. The number of furan rings is 1. The Morgan fingerprint density at radius 2 is 1.05 bits per heavy atom. The van der Waals surface area contributed by atoms with Crippen LogP contribution in [0.15, 0.2) is 186 Å². The fraction of sp³-hybridized carbons (Fsp3) is 0.0943. The Labute approximate surface area is 321 Å².